The molecule has 0 aromatic rings. The summed E-state index contributed by atoms with van der Waals surface area (Å²) in [7, 11) is 0. The molecule has 9 atom stereocenters. The van der Waals surface area contributed by atoms with Crippen LogP contribution in [-0.2, 0) is 28.5 Å². The van der Waals surface area contributed by atoms with E-state index in [1.807, 2.05) is 6.92 Å². The number of hydrogen-bond acceptors (Lipinski definition) is 11. The van der Waals surface area contributed by atoms with Crippen LogP contribution in [-0.4, -0.2) is 107 Å². The molecule has 11 heteroatoms. The SMILES string of the molecule is CC1=CCC[C@H](C)CCO[C@@H]2O[C@H](CO[C@@H]3OC[C@](O)(COC1=O)[C@H]3O)[C@@H](O)[C@H](O)[C@H]2O. The summed E-state index contributed by atoms with van der Waals surface area (Å²) in [6.45, 7) is 2.74. The van der Waals surface area contributed by atoms with Gasteiger partial charge < -0.3 is 49.2 Å². The number of rotatable bonds is 0. The summed E-state index contributed by atoms with van der Waals surface area (Å²) in [4.78, 5) is 12.2. The molecule has 184 valence electrons. The lowest BCUT2D eigenvalue weighted by molar-refractivity contribution is -0.310. The number of allylic oxidation sites excluding steroid dienone is 1. The molecule has 3 aliphatic rings. The van der Waals surface area contributed by atoms with Crippen molar-refractivity contribution in [1.82, 2.24) is 0 Å². The molecule has 0 aromatic heterocycles. The molecule has 0 aliphatic carbocycles. The third-order valence-electron chi connectivity index (χ3n) is 6.18. The van der Waals surface area contributed by atoms with Crippen molar-refractivity contribution < 1.29 is 54.0 Å². The third kappa shape index (κ3) is 5.85. The second-order valence-electron chi connectivity index (χ2n) is 8.88. The number of esters is 1. The van der Waals surface area contributed by atoms with E-state index in [0.717, 1.165) is 6.42 Å². The number of carbonyl (C=O) groups excluding carboxylic acids is 1. The Hall–Kier alpha value is -1.15. The predicted octanol–water partition coefficient (Wildman–Crippen LogP) is -1.41. The largest absolute Gasteiger partial charge is 0.459 e. The summed E-state index contributed by atoms with van der Waals surface area (Å²) in [5.74, 6) is -0.353. The van der Waals surface area contributed by atoms with Gasteiger partial charge in [-0.25, -0.2) is 4.79 Å². The van der Waals surface area contributed by atoms with Gasteiger partial charge in [-0.2, -0.15) is 0 Å². The van der Waals surface area contributed by atoms with E-state index < -0.39 is 61.3 Å². The average Bonchev–Trinajstić information content (AvgIpc) is 3.04. The Balaban J connectivity index is 1.73. The first-order chi connectivity index (χ1) is 15.1. The van der Waals surface area contributed by atoms with Crippen LogP contribution in [0.15, 0.2) is 11.6 Å². The molecule has 32 heavy (non-hydrogen) atoms. The van der Waals surface area contributed by atoms with Crippen LogP contribution in [0.3, 0.4) is 0 Å². The monoisotopic (exact) mass is 462 g/mol. The molecule has 3 aliphatic heterocycles. The van der Waals surface area contributed by atoms with Crippen molar-refractivity contribution >= 4 is 5.97 Å². The van der Waals surface area contributed by atoms with Gasteiger partial charge >= 0.3 is 5.97 Å². The third-order valence-corrected chi connectivity index (χ3v) is 6.18. The fraction of sp³-hybridized carbons (Fsp3) is 0.857. The molecule has 0 saturated carbocycles. The van der Waals surface area contributed by atoms with E-state index in [-0.39, 0.29) is 25.7 Å². The number of cyclic esters (lactones) is 1. The number of hydrogen-bond donors (Lipinski definition) is 5. The maximum absolute atomic E-state index is 12.2. The lowest BCUT2D eigenvalue weighted by atomic mass is 9.99. The minimum Gasteiger partial charge on any atom is -0.459 e. The number of aliphatic hydroxyl groups excluding tert-OH is 4. The minimum atomic E-state index is -1.87. The first kappa shape index (κ1) is 25.5. The van der Waals surface area contributed by atoms with Crippen molar-refractivity contribution in [2.24, 2.45) is 5.92 Å². The Kier molecular flexibility index (Phi) is 8.64. The molecule has 3 rings (SSSR count). The zero-order valence-corrected chi connectivity index (χ0v) is 18.3. The first-order valence-corrected chi connectivity index (χ1v) is 10.9. The fourth-order valence-electron chi connectivity index (χ4n) is 3.81. The highest BCUT2D eigenvalue weighted by Crippen LogP contribution is 2.29. The van der Waals surface area contributed by atoms with Crippen LogP contribution in [0.1, 0.15) is 33.1 Å². The van der Waals surface area contributed by atoms with E-state index in [4.69, 9.17) is 23.7 Å². The van der Waals surface area contributed by atoms with Crippen molar-refractivity contribution in [2.75, 3.05) is 26.4 Å². The Morgan fingerprint density at radius 3 is 2.47 bits per heavy atom. The van der Waals surface area contributed by atoms with Gasteiger partial charge in [-0.05, 0) is 32.1 Å². The number of carbonyl (C=O) groups is 1. The Morgan fingerprint density at radius 1 is 0.969 bits per heavy atom. The molecule has 3 heterocycles. The molecule has 2 fully saturated rings. The van der Waals surface area contributed by atoms with Crippen LogP contribution in [0.2, 0.25) is 0 Å². The van der Waals surface area contributed by atoms with Crippen LogP contribution in [0, 0.1) is 5.92 Å². The van der Waals surface area contributed by atoms with E-state index in [0.29, 0.717) is 18.4 Å². The van der Waals surface area contributed by atoms with Crippen LogP contribution >= 0.6 is 0 Å². The number of fused-ring (bicyclic) bond motifs is 4. The van der Waals surface area contributed by atoms with Crippen molar-refractivity contribution in [3.05, 3.63) is 11.6 Å². The summed E-state index contributed by atoms with van der Waals surface area (Å²) in [6.07, 6.45) is -5.69. The van der Waals surface area contributed by atoms with Crippen LogP contribution in [0.4, 0.5) is 0 Å². The number of ether oxygens (including phenoxy) is 5. The van der Waals surface area contributed by atoms with Crippen LogP contribution in [0.5, 0.6) is 0 Å². The van der Waals surface area contributed by atoms with Crippen LogP contribution < -0.4 is 0 Å². The molecule has 0 aromatic carbocycles. The summed E-state index contributed by atoms with van der Waals surface area (Å²) >= 11 is 0. The highest BCUT2D eigenvalue weighted by molar-refractivity contribution is 5.87. The molecule has 5 N–H and O–H groups in total. The quantitative estimate of drug-likeness (QED) is 0.269. The van der Waals surface area contributed by atoms with E-state index in [2.05, 4.69) is 0 Å². The summed E-state index contributed by atoms with van der Waals surface area (Å²) < 4.78 is 27.1. The molecular formula is C21H34O11. The highest BCUT2D eigenvalue weighted by Gasteiger charge is 2.51. The van der Waals surface area contributed by atoms with Gasteiger partial charge in [-0.3, -0.25) is 0 Å². The fourth-order valence-corrected chi connectivity index (χ4v) is 3.81. The van der Waals surface area contributed by atoms with E-state index in [9.17, 15) is 30.3 Å². The van der Waals surface area contributed by atoms with Gasteiger partial charge in [0.1, 0.15) is 37.1 Å². The van der Waals surface area contributed by atoms with Gasteiger partial charge in [0, 0.05) is 5.57 Å². The second kappa shape index (κ2) is 10.9. The molecule has 11 nitrogen and oxygen atoms in total. The maximum Gasteiger partial charge on any atom is 0.333 e. The minimum absolute atomic E-state index is 0.247. The van der Waals surface area contributed by atoms with Gasteiger partial charge in [-0.1, -0.05) is 13.0 Å². The topological polar surface area (TPSA) is 164 Å². The van der Waals surface area contributed by atoms with Crippen LogP contribution in [0.25, 0.3) is 0 Å². The molecule has 0 amide bonds. The predicted molar refractivity (Wildman–Crippen MR) is 107 cm³/mol. The molecule has 2 saturated heterocycles. The van der Waals surface area contributed by atoms with Gasteiger partial charge in [0.05, 0.1) is 19.8 Å². The number of aliphatic hydroxyl groups is 5. The molecule has 4 bridgehead atoms. The van der Waals surface area contributed by atoms with E-state index >= 15 is 0 Å². The Labute approximate surface area is 186 Å². The zero-order valence-electron chi connectivity index (χ0n) is 18.3. The normalized spacial score (nSPS) is 45.2. The van der Waals surface area contributed by atoms with Crippen molar-refractivity contribution in [3.8, 4) is 0 Å². The lowest BCUT2D eigenvalue weighted by Gasteiger charge is -2.40. The highest BCUT2D eigenvalue weighted by atomic mass is 16.7. The molecule has 0 unspecified atom stereocenters. The maximum atomic E-state index is 12.2. The smallest absolute Gasteiger partial charge is 0.333 e. The first-order valence-electron chi connectivity index (χ1n) is 10.9. The van der Waals surface area contributed by atoms with E-state index in [1.165, 1.54) is 0 Å². The Morgan fingerprint density at radius 2 is 1.72 bits per heavy atom. The summed E-state index contributed by atoms with van der Waals surface area (Å²) in [5.41, 5.74) is -1.48. The molecular weight excluding hydrogens is 428 g/mol. The molecule has 0 spiro atoms. The van der Waals surface area contributed by atoms with E-state index in [1.54, 1.807) is 13.0 Å². The van der Waals surface area contributed by atoms with Gasteiger partial charge in [0.25, 0.3) is 0 Å². The average molecular weight is 462 g/mol. The second-order valence-corrected chi connectivity index (χ2v) is 8.88. The van der Waals surface area contributed by atoms with Crippen molar-refractivity contribution in [1.29, 1.82) is 0 Å². The van der Waals surface area contributed by atoms with Gasteiger partial charge in [0.2, 0.25) is 0 Å². The van der Waals surface area contributed by atoms with Gasteiger partial charge in [0.15, 0.2) is 18.2 Å². The van der Waals surface area contributed by atoms with Crippen molar-refractivity contribution in [3.63, 3.8) is 0 Å². The summed E-state index contributed by atoms with van der Waals surface area (Å²) in [6, 6.07) is 0. The molecule has 0 radical (unpaired) electrons. The summed E-state index contributed by atoms with van der Waals surface area (Å²) in [5, 5.41) is 51.7. The van der Waals surface area contributed by atoms with Gasteiger partial charge in [-0.15, -0.1) is 0 Å². The Bertz CT molecular complexity index is 670. The van der Waals surface area contributed by atoms with Crippen molar-refractivity contribution in [2.45, 2.75) is 81.8 Å². The standard InChI is InChI=1S/C21H34O11/c1-11-4-3-5-12(2)18(26)30-9-21(27)10-31-20(17(21)25)29-8-13-14(22)15(23)16(24)19(32-13)28-7-6-11/h5,11,13-17,19-20,22-25,27H,3-4,6-10H2,1-2H3/t11-,13+,14+,15-,16+,17-,19+,20+,21+/m0/s1. The zero-order chi connectivity index (χ0) is 23.5. The lowest BCUT2D eigenvalue weighted by Crippen LogP contribution is -2.59.